The van der Waals surface area contributed by atoms with E-state index in [4.69, 9.17) is 5.73 Å². The molecule has 0 saturated heterocycles. The van der Waals surface area contributed by atoms with Crippen LogP contribution >= 0.6 is 12.4 Å². The topological polar surface area (TPSA) is 72.2 Å². The van der Waals surface area contributed by atoms with Gasteiger partial charge < -0.3 is 5.73 Å². The molecule has 16 heavy (non-hydrogen) atoms. The molecule has 1 saturated carbocycles. The lowest BCUT2D eigenvalue weighted by Crippen LogP contribution is -2.50. The molecule has 0 atom stereocenters. The fourth-order valence-electron chi connectivity index (χ4n) is 1.65. The number of halogens is 1. The van der Waals surface area contributed by atoms with E-state index >= 15 is 0 Å². The minimum atomic E-state index is -3.35. The quantitative estimate of drug-likeness (QED) is 0.849. The average Bonchev–Trinajstić information content (AvgIpc) is 2.17. The van der Waals surface area contributed by atoms with Gasteiger partial charge in [-0.3, -0.25) is 0 Å². The fourth-order valence-corrected chi connectivity index (χ4v) is 2.93. The Bertz CT molecular complexity index is 429. The summed E-state index contributed by atoms with van der Waals surface area (Å²) in [6.07, 6.45) is 1.46. The molecule has 0 unspecified atom stereocenters. The van der Waals surface area contributed by atoms with Gasteiger partial charge in [-0.05, 0) is 25.0 Å². The van der Waals surface area contributed by atoms with E-state index in [1.165, 1.54) is 0 Å². The van der Waals surface area contributed by atoms with Crippen LogP contribution in [0.4, 0.5) is 0 Å². The molecule has 0 aromatic heterocycles. The van der Waals surface area contributed by atoms with Gasteiger partial charge in [0, 0.05) is 12.1 Å². The second kappa shape index (κ2) is 5.14. The summed E-state index contributed by atoms with van der Waals surface area (Å²) in [7, 11) is -3.35. The van der Waals surface area contributed by atoms with Gasteiger partial charge in [0.15, 0.2) is 0 Å². The van der Waals surface area contributed by atoms with Crippen molar-refractivity contribution in [3.05, 3.63) is 30.3 Å². The van der Waals surface area contributed by atoms with Crippen LogP contribution in [-0.2, 0) is 10.0 Å². The van der Waals surface area contributed by atoms with Crippen molar-refractivity contribution in [2.24, 2.45) is 5.73 Å². The summed E-state index contributed by atoms with van der Waals surface area (Å²) >= 11 is 0. The maximum absolute atomic E-state index is 11.8. The van der Waals surface area contributed by atoms with Crippen molar-refractivity contribution in [3.63, 3.8) is 0 Å². The monoisotopic (exact) mass is 262 g/mol. The highest BCUT2D eigenvalue weighted by Crippen LogP contribution is 2.20. The van der Waals surface area contributed by atoms with Crippen LogP contribution in [-0.4, -0.2) is 20.5 Å². The summed E-state index contributed by atoms with van der Waals surface area (Å²) in [5.74, 6) is 0. The van der Waals surface area contributed by atoms with Crippen molar-refractivity contribution in [3.8, 4) is 0 Å². The predicted molar refractivity (Wildman–Crippen MR) is 65.0 cm³/mol. The first-order valence-electron chi connectivity index (χ1n) is 4.91. The van der Waals surface area contributed by atoms with E-state index in [1.807, 2.05) is 0 Å². The third kappa shape index (κ3) is 2.95. The van der Waals surface area contributed by atoms with Crippen molar-refractivity contribution in [2.45, 2.75) is 29.8 Å². The van der Waals surface area contributed by atoms with Crippen LogP contribution in [0.15, 0.2) is 35.2 Å². The van der Waals surface area contributed by atoms with Gasteiger partial charge >= 0.3 is 0 Å². The molecule has 0 spiro atoms. The number of rotatable bonds is 3. The molecule has 0 bridgehead atoms. The molecule has 0 aliphatic heterocycles. The fraction of sp³-hybridized carbons (Fsp3) is 0.400. The van der Waals surface area contributed by atoms with Crippen molar-refractivity contribution >= 4 is 22.4 Å². The van der Waals surface area contributed by atoms with Gasteiger partial charge in [0.1, 0.15) is 0 Å². The molecule has 0 heterocycles. The standard InChI is InChI=1S/C10H14N2O2S.ClH/c11-8-6-9(7-8)12-15(13,14)10-4-2-1-3-5-10;/h1-5,8-9,12H,6-7,11H2;1H. The summed E-state index contributed by atoms with van der Waals surface area (Å²) in [6.45, 7) is 0. The van der Waals surface area contributed by atoms with E-state index in [9.17, 15) is 8.42 Å². The molecule has 1 aliphatic rings. The van der Waals surface area contributed by atoms with Crippen LogP contribution < -0.4 is 10.5 Å². The number of hydrogen-bond donors (Lipinski definition) is 2. The smallest absolute Gasteiger partial charge is 0.240 e. The van der Waals surface area contributed by atoms with E-state index < -0.39 is 10.0 Å². The Balaban J connectivity index is 0.00000128. The lowest BCUT2D eigenvalue weighted by Gasteiger charge is -2.32. The molecule has 1 aliphatic carbocycles. The SMILES string of the molecule is Cl.NC1CC(NS(=O)(=O)c2ccccc2)C1. The molecule has 1 fully saturated rings. The van der Waals surface area contributed by atoms with Gasteiger partial charge in [-0.1, -0.05) is 18.2 Å². The van der Waals surface area contributed by atoms with Crippen LogP contribution in [0, 0.1) is 0 Å². The summed E-state index contributed by atoms with van der Waals surface area (Å²) in [5.41, 5.74) is 5.59. The van der Waals surface area contributed by atoms with Crippen LogP contribution in [0.1, 0.15) is 12.8 Å². The number of nitrogens with two attached hydrogens (primary N) is 1. The number of sulfonamides is 1. The highest BCUT2D eigenvalue weighted by molar-refractivity contribution is 7.89. The van der Waals surface area contributed by atoms with Gasteiger partial charge in [0.25, 0.3) is 0 Å². The number of hydrogen-bond acceptors (Lipinski definition) is 3. The molecule has 1 aromatic carbocycles. The highest BCUT2D eigenvalue weighted by atomic mass is 35.5. The van der Waals surface area contributed by atoms with Crippen molar-refractivity contribution in [1.82, 2.24) is 4.72 Å². The Morgan fingerprint density at radius 3 is 2.25 bits per heavy atom. The Morgan fingerprint density at radius 1 is 1.19 bits per heavy atom. The lowest BCUT2D eigenvalue weighted by molar-refractivity contribution is 0.327. The minimum absolute atomic E-state index is 0. The maximum atomic E-state index is 11.8. The highest BCUT2D eigenvalue weighted by Gasteiger charge is 2.30. The zero-order chi connectivity index (χ0) is 10.9. The Labute approximate surface area is 102 Å². The first-order chi connectivity index (χ1) is 7.08. The Morgan fingerprint density at radius 2 is 1.75 bits per heavy atom. The minimum Gasteiger partial charge on any atom is -0.328 e. The van der Waals surface area contributed by atoms with Crippen molar-refractivity contribution < 1.29 is 8.42 Å². The molecular formula is C10H15ClN2O2S. The largest absolute Gasteiger partial charge is 0.328 e. The van der Waals surface area contributed by atoms with Gasteiger partial charge in [-0.25, -0.2) is 13.1 Å². The van der Waals surface area contributed by atoms with Crippen LogP contribution in [0.25, 0.3) is 0 Å². The summed E-state index contributed by atoms with van der Waals surface area (Å²) < 4.78 is 26.2. The second-order valence-corrected chi connectivity index (χ2v) is 5.58. The number of benzene rings is 1. The van der Waals surface area contributed by atoms with Crippen LogP contribution in [0.2, 0.25) is 0 Å². The zero-order valence-corrected chi connectivity index (χ0v) is 10.3. The third-order valence-corrected chi connectivity index (χ3v) is 4.09. The first kappa shape index (κ1) is 13.4. The average molecular weight is 263 g/mol. The molecular weight excluding hydrogens is 248 g/mol. The molecule has 0 radical (unpaired) electrons. The van der Waals surface area contributed by atoms with E-state index in [2.05, 4.69) is 4.72 Å². The van der Waals surface area contributed by atoms with E-state index in [0.29, 0.717) is 4.90 Å². The Hall–Kier alpha value is -0.620. The maximum Gasteiger partial charge on any atom is 0.240 e. The van der Waals surface area contributed by atoms with E-state index in [0.717, 1.165) is 12.8 Å². The molecule has 3 N–H and O–H groups in total. The summed E-state index contributed by atoms with van der Waals surface area (Å²) in [6, 6.07) is 8.53. The number of nitrogens with one attached hydrogen (secondary N) is 1. The normalized spacial score (nSPS) is 24.3. The second-order valence-electron chi connectivity index (χ2n) is 3.86. The summed E-state index contributed by atoms with van der Waals surface area (Å²) in [5, 5.41) is 0. The molecule has 4 nitrogen and oxygen atoms in total. The molecule has 6 heteroatoms. The van der Waals surface area contributed by atoms with E-state index in [1.54, 1.807) is 30.3 Å². The Kier molecular flexibility index (Phi) is 4.32. The van der Waals surface area contributed by atoms with Gasteiger partial charge in [-0.2, -0.15) is 0 Å². The summed E-state index contributed by atoms with van der Waals surface area (Å²) in [4.78, 5) is 0.311. The predicted octanol–water partition coefficient (Wildman–Crippen LogP) is 0.876. The van der Waals surface area contributed by atoms with Gasteiger partial charge in [0.2, 0.25) is 10.0 Å². The molecule has 1 aromatic rings. The van der Waals surface area contributed by atoms with Crippen LogP contribution in [0.3, 0.4) is 0 Å². The van der Waals surface area contributed by atoms with E-state index in [-0.39, 0.29) is 24.5 Å². The first-order valence-corrected chi connectivity index (χ1v) is 6.39. The lowest BCUT2D eigenvalue weighted by atomic mass is 9.89. The third-order valence-electron chi connectivity index (χ3n) is 2.55. The zero-order valence-electron chi connectivity index (χ0n) is 8.67. The molecule has 0 amide bonds. The van der Waals surface area contributed by atoms with Gasteiger partial charge in [-0.15, -0.1) is 12.4 Å². The van der Waals surface area contributed by atoms with Crippen LogP contribution in [0.5, 0.6) is 0 Å². The molecule has 90 valence electrons. The van der Waals surface area contributed by atoms with Crippen molar-refractivity contribution in [1.29, 1.82) is 0 Å². The van der Waals surface area contributed by atoms with Gasteiger partial charge in [0.05, 0.1) is 4.90 Å². The molecule has 2 rings (SSSR count). The van der Waals surface area contributed by atoms with Crippen molar-refractivity contribution in [2.75, 3.05) is 0 Å².